The lowest BCUT2D eigenvalue weighted by molar-refractivity contribution is -0.152. The molecule has 0 saturated carbocycles. The molecule has 1 saturated heterocycles. The van der Waals surface area contributed by atoms with Crippen molar-refractivity contribution in [2.24, 2.45) is 5.73 Å². The zero-order valence-electron chi connectivity index (χ0n) is 17.0. The molecule has 4 N–H and O–H groups in total. The molecule has 2 aromatic rings. The molecule has 162 valence electrons. The first kappa shape index (κ1) is 21.8. The Morgan fingerprint density at radius 2 is 1.87 bits per heavy atom. The number of nitrogens with zero attached hydrogens (tertiary/aromatic N) is 2. The number of hydrogen-bond acceptors (Lipinski definition) is 5. The highest BCUT2D eigenvalue weighted by atomic mass is 16.6. The maximum atomic E-state index is 13.1. The van der Waals surface area contributed by atoms with Crippen LogP contribution in [-0.2, 0) is 20.7 Å². The zero-order chi connectivity index (χ0) is 22.5. The van der Waals surface area contributed by atoms with Gasteiger partial charge in [-0.25, -0.2) is 9.59 Å². The molecule has 0 spiro atoms. The number of cyclic esters (lactones) is 1. The van der Waals surface area contributed by atoms with Crippen molar-refractivity contribution in [3.63, 3.8) is 0 Å². The Balaban J connectivity index is 1.74. The third-order valence-corrected chi connectivity index (χ3v) is 5.17. The largest absolute Gasteiger partial charge is 0.480 e. The molecule has 2 aromatic carbocycles. The van der Waals surface area contributed by atoms with E-state index in [1.54, 1.807) is 24.3 Å². The summed E-state index contributed by atoms with van der Waals surface area (Å²) in [5.41, 5.74) is 7.41. The van der Waals surface area contributed by atoms with Crippen LogP contribution in [0.4, 0.5) is 10.5 Å². The summed E-state index contributed by atoms with van der Waals surface area (Å²) in [6, 6.07) is 14.8. The maximum Gasteiger partial charge on any atom is 0.415 e. The molecule has 1 aliphatic rings. The number of amides is 2. The van der Waals surface area contributed by atoms with Gasteiger partial charge in [0.25, 0.3) is 5.91 Å². The van der Waals surface area contributed by atoms with Crippen LogP contribution in [0, 0.1) is 5.41 Å². The van der Waals surface area contributed by atoms with Crippen molar-refractivity contribution in [2.45, 2.75) is 25.5 Å². The summed E-state index contributed by atoms with van der Waals surface area (Å²) in [6.45, 7) is 1.57. The molecule has 9 heteroatoms. The second-order valence-electron chi connectivity index (χ2n) is 7.22. The van der Waals surface area contributed by atoms with Crippen molar-refractivity contribution >= 4 is 29.5 Å². The average molecular weight is 424 g/mol. The van der Waals surface area contributed by atoms with Gasteiger partial charge in [0.05, 0.1) is 6.54 Å². The third-order valence-electron chi connectivity index (χ3n) is 5.17. The standard InChI is InChI=1S/C22H24N4O5/c1-14(21(28)29)25(12-11-15-5-3-2-4-6-15)20(27)18-13-26(22(30)31-18)17-9-7-16(8-10-17)19(23)24/h2-10,14,18H,11-13H2,1H3,(H3,23,24)(H,28,29)/t14-,18?/m1/s1. The second-order valence-corrected chi connectivity index (χ2v) is 7.22. The number of hydrogen-bond donors (Lipinski definition) is 3. The van der Waals surface area contributed by atoms with Gasteiger partial charge in [-0.2, -0.15) is 0 Å². The van der Waals surface area contributed by atoms with Crippen molar-refractivity contribution in [3.8, 4) is 0 Å². The van der Waals surface area contributed by atoms with E-state index in [2.05, 4.69) is 0 Å². The van der Waals surface area contributed by atoms with Crippen LogP contribution in [0.5, 0.6) is 0 Å². The Morgan fingerprint density at radius 1 is 1.23 bits per heavy atom. The first-order valence-corrected chi connectivity index (χ1v) is 9.77. The van der Waals surface area contributed by atoms with Gasteiger partial charge in [-0.05, 0) is 43.2 Å². The van der Waals surface area contributed by atoms with E-state index >= 15 is 0 Å². The van der Waals surface area contributed by atoms with E-state index < -0.39 is 30.1 Å². The number of nitrogens with two attached hydrogens (primary N) is 1. The molecule has 0 bridgehead atoms. The number of aliphatic carboxylic acids is 1. The van der Waals surface area contributed by atoms with Crippen LogP contribution in [0.3, 0.4) is 0 Å². The summed E-state index contributed by atoms with van der Waals surface area (Å²) in [5.74, 6) is -1.79. The number of nitrogens with one attached hydrogen (secondary N) is 1. The summed E-state index contributed by atoms with van der Waals surface area (Å²) in [4.78, 5) is 39.6. The van der Waals surface area contributed by atoms with E-state index in [0.717, 1.165) is 5.56 Å². The monoisotopic (exact) mass is 424 g/mol. The second kappa shape index (κ2) is 9.29. The molecule has 1 aliphatic heterocycles. The van der Waals surface area contributed by atoms with Crippen molar-refractivity contribution in [3.05, 3.63) is 65.7 Å². The molecule has 9 nitrogen and oxygen atoms in total. The van der Waals surface area contributed by atoms with Gasteiger partial charge in [-0.15, -0.1) is 0 Å². The number of carbonyl (C=O) groups is 3. The molecular weight excluding hydrogens is 400 g/mol. The fourth-order valence-corrected chi connectivity index (χ4v) is 3.33. The number of benzene rings is 2. The van der Waals surface area contributed by atoms with E-state index in [-0.39, 0.29) is 18.9 Å². The average Bonchev–Trinajstić information content (AvgIpc) is 3.16. The van der Waals surface area contributed by atoms with Gasteiger partial charge in [-0.1, -0.05) is 30.3 Å². The van der Waals surface area contributed by atoms with Crippen LogP contribution >= 0.6 is 0 Å². The normalized spacial score (nSPS) is 16.5. The SMILES string of the molecule is C[C@H](C(=O)O)N(CCc1ccccc1)C(=O)C1CN(c2ccc(C(=N)N)cc2)C(=O)O1. The van der Waals surface area contributed by atoms with Crippen LogP contribution in [0.1, 0.15) is 18.1 Å². The molecule has 2 atom stereocenters. The van der Waals surface area contributed by atoms with Crippen LogP contribution in [0.2, 0.25) is 0 Å². The van der Waals surface area contributed by atoms with Gasteiger partial charge in [-0.3, -0.25) is 15.1 Å². The number of anilines is 1. The minimum absolute atomic E-state index is 0.0364. The van der Waals surface area contributed by atoms with Gasteiger partial charge in [0.1, 0.15) is 11.9 Å². The number of rotatable bonds is 8. The predicted octanol–water partition coefficient (Wildman–Crippen LogP) is 1.84. The van der Waals surface area contributed by atoms with E-state index in [1.165, 1.54) is 16.7 Å². The summed E-state index contributed by atoms with van der Waals surface area (Å²) >= 11 is 0. The van der Waals surface area contributed by atoms with Gasteiger partial charge in [0.2, 0.25) is 0 Å². The highest BCUT2D eigenvalue weighted by molar-refractivity contribution is 5.98. The quantitative estimate of drug-likeness (QED) is 0.437. The zero-order valence-corrected chi connectivity index (χ0v) is 17.0. The highest BCUT2D eigenvalue weighted by Crippen LogP contribution is 2.23. The molecule has 3 rings (SSSR count). The Morgan fingerprint density at radius 3 is 2.45 bits per heavy atom. The van der Waals surface area contributed by atoms with Crippen molar-refractivity contribution in [1.29, 1.82) is 5.41 Å². The van der Waals surface area contributed by atoms with Gasteiger partial charge in [0, 0.05) is 17.8 Å². The highest BCUT2D eigenvalue weighted by Gasteiger charge is 2.41. The number of ether oxygens (including phenoxy) is 1. The van der Waals surface area contributed by atoms with Crippen LogP contribution < -0.4 is 10.6 Å². The number of nitrogen functional groups attached to an aromatic ring is 1. The smallest absolute Gasteiger partial charge is 0.415 e. The molecule has 1 heterocycles. The van der Waals surface area contributed by atoms with Crippen molar-refractivity contribution in [2.75, 3.05) is 18.0 Å². The molecule has 31 heavy (non-hydrogen) atoms. The van der Waals surface area contributed by atoms with Crippen LogP contribution in [0.25, 0.3) is 0 Å². The molecule has 1 unspecified atom stereocenters. The lowest BCUT2D eigenvalue weighted by Crippen LogP contribution is -2.49. The Labute approximate surface area is 179 Å². The summed E-state index contributed by atoms with van der Waals surface area (Å²) in [5, 5.41) is 16.9. The molecule has 0 aromatic heterocycles. The lowest BCUT2D eigenvalue weighted by atomic mass is 10.1. The molecule has 1 fully saturated rings. The van der Waals surface area contributed by atoms with Crippen LogP contribution in [0.15, 0.2) is 54.6 Å². The van der Waals surface area contributed by atoms with Crippen LogP contribution in [-0.4, -0.2) is 59.0 Å². The van der Waals surface area contributed by atoms with Gasteiger partial charge < -0.3 is 20.5 Å². The van der Waals surface area contributed by atoms with E-state index in [9.17, 15) is 19.5 Å². The minimum Gasteiger partial charge on any atom is -0.480 e. The minimum atomic E-state index is -1.14. The lowest BCUT2D eigenvalue weighted by Gasteiger charge is -2.28. The maximum absolute atomic E-state index is 13.1. The number of carbonyl (C=O) groups excluding carboxylic acids is 2. The Hall–Kier alpha value is -3.88. The van der Waals surface area contributed by atoms with Gasteiger partial charge >= 0.3 is 12.1 Å². The van der Waals surface area contributed by atoms with Crippen molar-refractivity contribution < 1.29 is 24.2 Å². The van der Waals surface area contributed by atoms with Gasteiger partial charge in [0.15, 0.2) is 6.10 Å². The predicted molar refractivity (Wildman–Crippen MR) is 114 cm³/mol. The Bertz CT molecular complexity index is 977. The van der Waals surface area contributed by atoms with E-state index in [4.69, 9.17) is 15.9 Å². The summed E-state index contributed by atoms with van der Waals surface area (Å²) in [7, 11) is 0. The molecular formula is C22H24N4O5. The first-order chi connectivity index (χ1) is 14.8. The Kier molecular flexibility index (Phi) is 6.54. The molecule has 2 amide bonds. The van der Waals surface area contributed by atoms with E-state index in [0.29, 0.717) is 17.7 Å². The van der Waals surface area contributed by atoms with Crippen molar-refractivity contribution in [1.82, 2.24) is 4.90 Å². The number of carboxylic acid groups (broad SMARTS) is 1. The summed E-state index contributed by atoms with van der Waals surface area (Å²) < 4.78 is 5.27. The summed E-state index contributed by atoms with van der Waals surface area (Å²) in [6.07, 6.45) is -1.33. The fourth-order valence-electron chi connectivity index (χ4n) is 3.33. The number of carboxylic acids is 1. The number of amidine groups is 1. The van der Waals surface area contributed by atoms with E-state index in [1.807, 2.05) is 30.3 Å². The topological polar surface area (TPSA) is 137 Å². The molecule has 0 radical (unpaired) electrons. The fraction of sp³-hybridized carbons (Fsp3) is 0.273. The third kappa shape index (κ3) is 5.00. The molecule has 0 aliphatic carbocycles. The first-order valence-electron chi connectivity index (χ1n) is 9.77.